The first-order chi connectivity index (χ1) is 6.93. The smallest absolute Gasteiger partial charge is 0.303 e. The first-order valence-electron chi connectivity index (χ1n) is 4.51. The summed E-state index contributed by atoms with van der Waals surface area (Å²) in [7, 11) is 0. The van der Waals surface area contributed by atoms with Crippen molar-refractivity contribution in [3.63, 3.8) is 0 Å². The van der Waals surface area contributed by atoms with Gasteiger partial charge in [0.2, 0.25) is 0 Å². The molecule has 0 bridgehead atoms. The number of carbonyl (C=O) groups excluding carboxylic acids is 3. The van der Waals surface area contributed by atoms with Crippen LogP contribution in [0.4, 0.5) is 0 Å². The van der Waals surface area contributed by atoms with Gasteiger partial charge in [0, 0.05) is 13.8 Å². The van der Waals surface area contributed by atoms with Gasteiger partial charge in [0.15, 0.2) is 6.10 Å². The molecule has 0 aromatic heterocycles. The second kappa shape index (κ2) is 6.80. The fourth-order valence-corrected chi connectivity index (χ4v) is 0.815. The van der Waals surface area contributed by atoms with Crippen LogP contribution in [-0.4, -0.2) is 37.1 Å². The molecule has 1 atom stereocenters. The maximum absolute atomic E-state index is 11.2. The van der Waals surface area contributed by atoms with Crippen LogP contribution in [0.25, 0.3) is 0 Å². The monoisotopic (exact) mass is 217 g/mol. The molecule has 0 aliphatic rings. The molecule has 0 fully saturated rings. The van der Waals surface area contributed by atoms with Crippen LogP contribution in [0.3, 0.4) is 0 Å². The van der Waals surface area contributed by atoms with E-state index in [1.165, 1.54) is 20.8 Å². The molecule has 1 amide bonds. The van der Waals surface area contributed by atoms with Crippen LogP contribution in [-0.2, 0) is 23.9 Å². The van der Waals surface area contributed by atoms with Crippen LogP contribution < -0.4 is 5.32 Å². The second-order valence-corrected chi connectivity index (χ2v) is 2.88. The van der Waals surface area contributed by atoms with Gasteiger partial charge in [-0.1, -0.05) is 0 Å². The average molecular weight is 217 g/mol. The summed E-state index contributed by atoms with van der Waals surface area (Å²) < 4.78 is 9.22. The summed E-state index contributed by atoms with van der Waals surface area (Å²) >= 11 is 0. The van der Waals surface area contributed by atoms with Gasteiger partial charge < -0.3 is 14.8 Å². The van der Waals surface area contributed by atoms with E-state index in [0.717, 1.165) is 0 Å². The summed E-state index contributed by atoms with van der Waals surface area (Å²) in [4.78, 5) is 32.1. The van der Waals surface area contributed by atoms with Crippen LogP contribution in [0.15, 0.2) is 0 Å². The Hall–Kier alpha value is -1.59. The minimum absolute atomic E-state index is 0.105. The Kier molecular flexibility index (Phi) is 6.08. The van der Waals surface area contributed by atoms with Crippen molar-refractivity contribution in [3.05, 3.63) is 0 Å². The quantitative estimate of drug-likeness (QED) is 0.501. The third-order valence-corrected chi connectivity index (χ3v) is 1.42. The number of carbonyl (C=O) groups is 3. The van der Waals surface area contributed by atoms with Crippen molar-refractivity contribution in [1.29, 1.82) is 0 Å². The summed E-state index contributed by atoms with van der Waals surface area (Å²) in [5.41, 5.74) is 0. The third-order valence-electron chi connectivity index (χ3n) is 1.42. The van der Waals surface area contributed by atoms with E-state index >= 15 is 0 Å². The molecule has 0 aliphatic heterocycles. The molecule has 0 unspecified atom stereocenters. The molecule has 6 heteroatoms. The van der Waals surface area contributed by atoms with Gasteiger partial charge in [-0.2, -0.15) is 0 Å². The molecular formula is C9H15NO5. The lowest BCUT2D eigenvalue weighted by Crippen LogP contribution is -2.37. The van der Waals surface area contributed by atoms with E-state index in [4.69, 9.17) is 0 Å². The summed E-state index contributed by atoms with van der Waals surface area (Å²) in [5.74, 6) is -1.34. The van der Waals surface area contributed by atoms with Gasteiger partial charge in [0.25, 0.3) is 5.91 Å². The molecule has 0 aliphatic carbocycles. The molecule has 0 radical (unpaired) electrons. The Morgan fingerprint density at radius 1 is 1.20 bits per heavy atom. The highest BCUT2D eigenvalue weighted by molar-refractivity contribution is 5.82. The summed E-state index contributed by atoms with van der Waals surface area (Å²) in [6.45, 7) is 4.27. The number of amides is 1. The normalized spacial score (nSPS) is 11.4. The third kappa shape index (κ3) is 7.48. The number of esters is 2. The highest BCUT2D eigenvalue weighted by Gasteiger charge is 2.14. The zero-order valence-electron chi connectivity index (χ0n) is 9.03. The van der Waals surface area contributed by atoms with E-state index in [0.29, 0.717) is 0 Å². The fraction of sp³-hybridized carbons (Fsp3) is 0.667. The maximum atomic E-state index is 11.2. The largest absolute Gasteiger partial charge is 0.464 e. The van der Waals surface area contributed by atoms with Crippen LogP contribution in [0, 0.1) is 0 Å². The van der Waals surface area contributed by atoms with E-state index in [9.17, 15) is 14.4 Å². The van der Waals surface area contributed by atoms with Crippen LogP contribution in [0.2, 0.25) is 0 Å². The first-order valence-corrected chi connectivity index (χ1v) is 4.51. The molecule has 6 nitrogen and oxygen atoms in total. The highest BCUT2D eigenvalue weighted by atomic mass is 16.5. The zero-order chi connectivity index (χ0) is 11.8. The summed E-state index contributed by atoms with van der Waals surface area (Å²) in [6, 6.07) is 0. The van der Waals surface area contributed by atoms with Crippen molar-refractivity contribution in [2.45, 2.75) is 26.9 Å². The van der Waals surface area contributed by atoms with Crippen molar-refractivity contribution < 1.29 is 23.9 Å². The van der Waals surface area contributed by atoms with E-state index in [1.807, 2.05) is 0 Å². The molecule has 15 heavy (non-hydrogen) atoms. The Labute approximate surface area is 87.9 Å². The second-order valence-electron chi connectivity index (χ2n) is 2.88. The molecule has 0 spiro atoms. The van der Waals surface area contributed by atoms with Crippen molar-refractivity contribution >= 4 is 17.8 Å². The van der Waals surface area contributed by atoms with Crippen molar-refractivity contribution in [1.82, 2.24) is 5.32 Å². The molecular weight excluding hydrogens is 202 g/mol. The predicted molar refractivity (Wildman–Crippen MR) is 50.9 cm³/mol. The van der Waals surface area contributed by atoms with Gasteiger partial charge in [-0.3, -0.25) is 14.4 Å². The van der Waals surface area contributed by atoms with Gasteiger partial charge in [-0.05, 0) is 6.92 Å². The van der Waals surface area contributed by atoms with Gasteiger partial charge in [0.1, 0.15) is 6.61 Å². The van der Waals surface area contributed by atoms with E-state index in [1.54, 1.807) is 0 Å². The minimum Gasteiger partial charge on any atom is -0.464 e. The van der Waals surface area contributed by atoms with Crippen molar-refractivity contribution in [3.8, 4) is 0 Å². The number of nitrogens with one attached hydrogen (secondary N) is 1. The first kappa shape index (κ1) is 13.4. The lowest BCUT2D eigenvalue weighted by Gasteiger charge is -2.11. The molecule has 0 aromatic rings. The van der Waals surface area contributed by atoms with Crippen molar-refractivity contribution in [2.75, 3.05) is 13.2 Å². The Morgan fingerprint density at radius 3 is 2.27 bits per heavy atom. The number of rotatable bonds is 5. The number of ether oxygens (including phenoxy) is 2. The Balaban J connectivity index is 3.64. The van der Waals surface area contributed by atoms with E-state index in [-0.39, 0.29) is 13.2 Å². The van der Waals surface area contributed by atoms with E-state index in [2.05, 4.69) is 14.8 Å². The zero-order valence-corrected chi connectivity index (χ0v) is 9.03. The summed E-state index contributed by atoms with van der Waals surface area (Å²) in [5, 5.41) is 2.45. The molecule has 0 aromatic carbocycles. The topological polar surface area (TPSA) is 81.7 Å². The molecule has 0 saturated carbocycles. The van der Waals surface area contributed by atoms with Crippen LogP contribution >= 0.6 is 0 Å². The van der Waals surface area contributed by atoms with Gasteiger partial charge in [-0.25, -0.2) is 0 Å². The molecule has 1 N–H and O–H groups in total. The summed E-state index contributed by atoms with van der Waals surface area (Å²) in [6.07, 6.45) is -0.833. The highest BCUT2D eigenvalue weighted by Crippen LogP contribution is 1.90. The van der Waals surface area contributed by atoms with Crippen LogP contribution in [0.1, 0.15) is 20.8 Å². The lowest BCUT2D eigenvalue weighted by atomic mass is 10.4. The minimum atomic E-state index is -0.833. The maximum Gasteiger partial charge on any atom is 0.303 e. The fourth-order valence-electron chi connectivity index (χ4n) is 0.815. The van der Waals surface area contributed by atoms with E-state index < -0.39 is 23.9 Å². The Bertz CT molecular complexity index is 251. The van der Waals surface area contributed by atoms with Crippen molar-refractivity contribution in [2.24, 2.45) is 0 Å². The van der Waals surface area contributed by atoms with Crippen LogP contribution in [0.5, 0.6) is 0 Å². The number of hydrogen-bond acceptors (Lipinski definition) is 5. The standard InChI is InChI=1S/C9H15NO5/c1-6(15-8(3)12)9(13)10-4-5-14-7(2)11/h6H,4-5H2,1-3H3,(H,10,13)/t6-/m0/s1. The molecule has 0 heterocycles. The van der Waals surface area contributed by atoms with Gasteiger partial charge in [-0.15, -0.1) is 0 Å². The van der Waals surface area contributed by atoms with Gasteiger partial charge >= 0.3 is 11.9 Å². The predicted octanol–water partition coefficient (Wildman–Crippen LogP) is -0.383. The molecule has 0 saturated heterocycles. The number of hydrogen-bond donors (Lipinski definition) is 1. The Morgan fingerprint density at radius 2 is 1.80 bits per heavy atom. The average Bonchev–Trinajstić information content (AvgIpc) is 2.10. The van der Waals surface area contributed by atoms with Gasteiger partial charge in [0.05, 0.1) is 6.54 Å². The SMILES string of the molecule is CC(=O)OCCNC(=O)[C@H](C)OC(C)=O. The molecule has 0 rings (SSSR count). The molecule has 86 valence electrons. The lowest BCUT2D eigenvalue weighted by molar-refractivity contribution is -0.152.